The Bertz CT molecular complexity index is 881. The number of anilines is 1. The van der Waals surface area contributed by atoms with Gasteiger partial charge in [0.1, 0.15) is 0 Å². The summed E-state index contributed by atoms with van der Waals surface area (Å²) in [5.74, 6) is -0.707. The molecule has 24 heavy (non-hydrogen) atoms. The summed E-state index contributed by atoms with van der Waals surface area (Å²) >= 11 is 6.39. The van der Waals surface area contributed by atoms with Crippen molar-refractivity contribution in [3.05, 3.63) is 69.1 Å². The molecule has 0 bridgehead atoms. The first-order valence-corrected chi connectivity index (χ1v) is 8.00. The molecule has 3 rings (SSSR count). The van der Waals surface area contributed by atoms with E-state index in [0.717, 1.165) is 11.8 Å². The minimum atomic E-state index is -0.679. The molecule has 0 saturated carbocycles. The molecule has 2 aromatic rings. The van der Waals surface area contributed by atoms with E-state index >= 15 is 0 Å². The fourth-order valence-corrected chi connectivity index (χ4v) is 3.49. The molecule has 0 spiro atoms. The normalized spacial score (nSPS) is 16.0. The van der Waals surface area contributed by atoms with Gasteiger partial charge in [0, 0.05) is 6.07 Å². The molecule has 1 fully saturated rings. The zero-order valence-corrected chi connectivity index (χ0v) is 13.7. The van der Waals surface area contributed by atoms with Crippen LogP contribution in [0.25, 0.3) is 6.08 Å². The van der Waals surface area contributed by atoms with E-state index in [1.165, 1.54) is 29.2 Å². The number of nitro groups is 1. The molecule has 1 heterocycles. The molecule has 8 heteroatoms. The largest absolute Gasteiger partial charge is 0.502 e. The van der Waals surface area contributed by atoms with E-state index in [1.807, 2.05) is 6.07 Å². The highest BCUT2D eigenvalue weighted by molar-refractivity contribution is 8.27. The third kappa shape index (κ3) is 3.01. The Labute approximate surface area is 146 Å². The number of hydrogen-bond acceptors (Lipinski definition) is 6. The van der Waals surface area contributed by atoms with Gasteiger partial charge < -0.3 is 5.11 Å². The third-order valence-electron chi connectivity index (χ3n) is 3.30. The Morgan fingerprint density at radius 3 is 2.58 bits per heavy atom. The maximum atomic E-state index is 12.6. The molecule has 0 aromatic heterocycles. The van der Waals surface area contributed by atoms with Crippen LogP contribution < -0.4 is 4.90 Å². The quantitative estimate of drug-likeness (QED) is 0.390. The third-order valence-corrected chi connectivity index (χ3v) is 4.60. The lowest BCUT2D eigenvalue weighted by Crippen LogP contribution is -2.27. The number of benzene rings is 2. The van der Waals surface area contributed by atoms with E-state index in [9.17, 15) is 20.0 Å². The van der Waals surface area contributed by atoms with E-state index < -0.39 is 16.4 Å². The van der Waals surface area contributed by atoms with Gasteiger partial charge in [-0.3, -0.25) is 19.8 Å². The summed E-state index contributed by atoms with van der Waals surface area (Å²) in [6.45, 7) is 0. The summed E-state index contributed by atoms with van der Waals surface area (Å²) in [6, 6.07) is 12.9. The van der Waals surface area contributed by atoms with Crippen LogP contribution in [0.15, 0.2) is 53.4 Å². The van der Waals surface area contributed by atoms with E-state index in [4.69, 9.17) is 12.2 Å². The number of hydrogen-bond donors (Lipinski definition) is 1. The predicted molar refractivity (Wildman–Crippen MR) is 96.9 cm³/mol. The smallest absolute Gasteiger partial charge is 0.311 e. The second kappa shape index (κ2) is 6.42. The molecule has 120 valence electrons. The van der Waals surface area contributed by atoms with Gasteiger partial charge >= 0.3 is 5.69 Å². The SMILES string of the molecule is O=C1/C(=C\c2ccc(O)c([N+](=O)[O-])c2)SC(=S)N1c1ccccc1. The molecule has 6 nitrogen and oxygen atoms in total. The van der Waals surface area contributed by atoms with Gasteiger partial charge in [-0.25, -0.2) is 0 Å². The standard InChI is InChI=1S/C16H10N2O4S2/c19-13-7-6-10(8-12(13)18(21)22)9-14-15(20)17(16(23)24-14)11-4-2-1-3-5-11/h1-9,19H/b14-9+. The Kier molecular flexibility index (Phi) is 4.32. The van der Waals surface area contributed by atoms with E-state index in [2.05, 4.69) is 0 Å². The zero-order chi connectivity index (χ0) is 17.3. The highest BCUT2D eigenvalue weighted by Gasteiger charge is 2.33. The van der Waals surface area contributed by atoms with Gasteiger partial charge in [0.15, 0.2) is 10.1 Å². The Morgan fingerprint density at radius 1 is 1.21 bits per heavy atom. The van der Waals surface area contributed by atoms with E-state index in [-0.39, 0.29) is 5.91 Å². The Morgan fingerprint density at radius 2 is 1.92 bits per heavy atom. The van der Waals surface area contributed by atoms with Crippen molar-refractivity contribution in [3.63, 3.8) is 0 Å². The van der Waals surface area contributed by atoms with E-state index in [1.54, 1.807) is 24.3 Å². The highest BCUT2D eigenvalue weighted by atomic mass is 32.2. The molecule has 2 aromatic carbocycles. The number of carbonyl (C=O) groups excluding carboxylic acids is 1. The molecule has 1 amide bonds. The van der Waals surface area contributed by atoms with Crippen molar-refractivity contribution < 1.29 is 14.8 Å². The average Bonchev–Trinajstić information content (AvgIpc) is 2.83. The van der Waals surface area contributed by atoms with Crippen molar-refractivity contribution in [1.82, 2.24) is 0 Å². The molecule has 1 aliphatic rings. The first-order chi connectivity index (χ1) is 11.5. The number of amides is 1. The monoisotopic (exact) mass is 358 g/mol. The number of aromatic hydroxyl groups is 1. The fraction of sp³-hybridized carbons (Fsp3) is 0. The van der Waals surface area contributed by atoms with Gasteiger partial charge in [0.05, 0.1) is 15.5 Å². The van der Waals surface area contributed by atoms with Crippen LogP contribution in [0.3, 0.4) is 0 Å². The number of phenols is 1. The number of thioether (sulfide) groups is 1. The van der Waals surface area contributed by atoms with Gasteiger partial charge in [-0.15, -0.1) is 0 Å². The first-order valence-electron chi connectivity index (χ1n) is 6.78. The molecule has 0 radical (unpaired) electrons. The lowest BCUT2D eigenvalue weighted by Gasteiger charge is -2.13. The van der Waals surface area contributed by atoms with Crippen molar-refractivity contribution in [2.24, 2.45) is 0 Å². The number of thiocarbonyl (C=S) groups is 1. The minimum Gasteiger partial charge on any atom is -0.502 e. The highest BCUT2D eigenvalue weighted by Crippen LogP contribution is 2.36. The van der Waals surface area contributed by atoms with Crippen LogP contribution >= 0.6 is 24.0 Å². The second-order valence-electron chi connectivity index (χ2n) is 4.86. The molecule has 1 saturated heterocycles. The average molecular weight is 358 g/mol. The van der Waals surface area contributed by atoms with Crippen LogP contribution in [-0.2, 0) is 4.79 Å². The van der Waals surface area contributed by atoms with Crippen molar-refractivity contribution in [3.8, 4) is 5.75 Å². The van der Waals surface area contributed by atoms with Crippen LogP contribution in [-0.4, -0.2) is 20.3 Å². The van der Waals surface area contributed by atoms with Crippen molar-refractivity contribution in [1.29, 1.82) is 0 Å². The van der Waals surface area contributed by atoms with Crippen molar-refractivity contribution >= 4 is 51.7 Å². The second-order valence-corrected chi connectivity index (χ2v) is 6.53. The van der Waals surface area contributed by atoms with Gasteiger partial charge in [-0.1, -0.05) is 48.2 Å². The summed E-state index contributed by atoms with van der Waals surface area (Å²) in [5.41, 5.74) is 0.690. The maximum absolute atomic E-state index is 12.6. The molecular weight excluding hydrogens is 348 g/mol. The molecule has 1 aliphatic heterocycles. The molecule has 0 atom stereocenters. The van der Waals surface area contributed by atoms with Gasteiger partial charge in [0.25, 0.3) is 5.91 Å². The summed E-state index contributed by atoms with van der Waals surface area (Å²) in [7, 11) is 0. The van der Waals surface area contributed by atoms with Crippen LogP contribution in [0.1, 0.15) is 5.56 Å². The van der Waals surface area contributed by atoms with Crippen LogP contribution in [0.5, 0.6) is 5.75 Å². The predicted octanol–water partition coefficient (Wildman–Crippen LogP) is 3.71. The molecule has 1 N–H and O–H groups in total. The summed E-state index contributed by atoms with van der Waals surface area (Å²) < 4.78 is 0.394. The molecular formula is C16H10N2O4S2. The fourth-order valence-electron chi connectivity index (χ4n) is 2.20. The van der Waals surface area contributed by atoms with Gasteiger partial charge in [-0.05, 0) is 29.8 Å². The van der Waals surface area contributed by atoms with Crippen molar-refractivity contribution in [2.45, 2.75) is 0 Å². The zero-order valence-electron chi connectivity index (χ0n) is 12.1. The first kappa shape index (κ1) is 16.2. The van der Waals surface area contributed by atoms with Crippen LogP contribution in [0.2, 0.25) is 0 Å². The summed E-state index contributed by atoms with van der Waals surface area (Å²) in [4.78, 5) is 24.6. The topological polar surface area (TPSA) is 83.7 Å². The summed E-state index contributed by atoms with van der Waals surface area (Å²) in [5, 5.41) is 20.4. The van der Waals surface area contributed by atoms with Gasteiger partial charge in [0.2, 0.25) is 0 Å². The molecule has 0 unspecified atom stereocenters. The van der Waals surface area contributed by atoms with Gasteiger partial charge in [-0.2, -0.15) is 0 Å². The van der Waals surface area contributed by atoms with E-state index in [0.29, 0.717) is 20.5 Å². The number of phenolic OH excluding ortho intramolecular Hbond substituents is 1. The number of nitro benzene ring substituents is 1. The minimum absolute atomic E-state index is 0.285. The number of rotatable bonds is 3. The number of carbonyl (C=O) groups is 1. The lowest BCUT2D eigenvalue weighted by molar-refractivity contribution is -0.385. The number of nitrogens with zero attached hydrogens (tertiary/aromatic N) is 2. The lowest BCUT2D eigenvalue weighted by atomic mass is 10.1. The van der Waals surface area contributed by atoms with Crippen LogP contribution in [0.4, 0.5) is 11.4 Å². The maximum Gasteiger partial charge on any atom is 0.311 e. The Hall–Kier alpha value is -2.71. The van der Waals surface area contributed by atoms with Crippen LogP contribution in [0, 0.1) is 10.1 Å². The van der Waals surface area contributed by atoms with Crippen molar-refractivity contribution in [2.75, 3.05) is 4.90 Å². The number of para-hydroxylation sites is 1. The summed E-state index contributed by atoms with van der Waals surface area (Å²) in [6.07, 6.45) is 1.52. The molecule has 0 aliphatic carbocycles. The Balaban J connectivity index is 1.95.